The van der Waals surface area contributed by atoms with Crippen molar-refractivity contribution in [3.05, 3.63) is 12.2 Å². The number of aromatic amines is 1. The molecule has 0 aliphatic carbocycles. The molecule has 0 fully saturated rings. The summed E-state index contributed by atoms with van der Waals surface area (Å²) in [6.07, 6.45) is 1.20. The van der Waals surface area contributed by atoms with Crippen molar-refractivity contribution in [2.75, 3.05) is 0 Å². The van der Waals surface area contributed by atoms with Crippen molar-refractivity contribution in [1.29, 1.82) is 0 Å². The summed E-state index contributed by atoms with van der Waals surface area (Å²) in [5.41, 5.74) is 3.96. The fourth-order valence-corrected chi connectivity index (χ4v) is 0.720. The molecule has 0 aliphatic rings. The van der Waals surface area contributed by atoms with E-state index in [1.807, 2.05) is 0 Å². The standard InChI is InChI=1S/C7H11N5O2/c1-7(2,6(8)14)11-5(13)4-9-3-10-12-4/h3H,1-2H3,(H2,8,14)(H,11,13)(H,9,10,12). The van der Waals surface area contributed by atoms with Gasteiger partial charge in [-0.1, -0.05) is 0 Å². The van der Waals surface area contributed by atoms with Gasteiger partial charge in [-0.05, 0) is 13.8 Å². The Morgan fingerprint density at radius 1 is 1.57 bits per heavy atom. The maximum Gasteiger partial charge on any atom is 0.289 e. The van der Waals surface area contributed by atoms with Gasteiger partial charge in [-0.3, -0.25) is 14.7 Å². The molecule has 0 saturated carbocycles. The lowest BCUT2D eigenvalue weighted by Crippen LogP contribution is -2.53. The number of hydrogen-bond acceptors (Lipinski definition) is 4. The molecule has 0 saturated heterocycles. The summed E-state index contributed by atoms with van der Waals surface area (Å²) in [6, 6.07) is 0. The lowest BCUT2D eigenvalue weighted by molar-refractivity contribution is -0.122. The summed E-state index contributed by atoms with van der Waals surface area (Å²) in [6.45, 7) is 3.01. The number of rotatable bonds is 3. The number of primary amides is 1. The van der Waals surface area contributed by atoms with Gasteiger partial charge >= 0.3 is 0 Å². The molecule has 1 aromatic heterocycles. The second-order valence-electron chi connectivity index (χ2n) is 3.28. The molecule has 1 aromatic rings. The molecule has 0 radical (unpaired) electrons. The Kier molecular flexibility index (Phi) is 2.50. The molecule has 0 atom stereocenters. The highest BCUT2D eigenvalue weighted by atomic mass is 16.2. The van der Waals surface area contributed by atoms with E-state index < -0.39 is 17.4 Å². The van der Waals surface area contributed by atoms with Crippen LogP contribution in [0.4, 0.5) is 0 Å². The summed E-state index contributed by atoms with van der Waals surface area (Å²) < 4.78 is 0. The molecule has 0 bridgehead atoms. The second-order valence-corrected chi connectivity index (χ2v) is 3.28. The third kappa shape index (κ3) is 2.06. The zero-order chi connectivity index (χ0) is 10.8. The molecule has 14 heavy (non-hydrogen) atoms. The molecule has 7 heteroatoms. The number of carbonyl (C=O) groups is 2. The maximum absolute atomic E-state index is 11.4. The van der Waals surface area contributed by atoms with E-state index in [2.05, 4.69) is 20.5 Å². The van der Waals surface area contributed by atoms with Crippen molar-refractivity contribution in [2.24, 2.45) is 5.73 Å². The first kappa shape index (κ1) is 10.2. The van der Waals surface area contributed by atoms with Crippen molar-refractivity contribution >= 4 is 11.8 Å². The normalized spacial score (nSPS) is 11.0. The van der Waals surface area contributed by atoms with Crippen LogP contribution in [-0.4, -0.2) is 32.5 Å². The van der Waals surface area contributed by atoms with Gasteiger partial charge in [0.05, 0.1) is 0 Å². The topological polar surface area (TPSA) is 114 Å². The highest BCUT2D eigenvalue weighted by molar-refractivity contribution is 5.95. The number of carbonyl (C=O) groups excluding carboxylic acids is 2. The molecule has 0 aromatic carbocycles. The van der Waals surface area contributed by atoms with Gasteiger partial charge in [-0.15, -0.1) is 0 Å². The number of amides is 2. The fraction of sp³-hybridized carbons (Fsp3) is 0.429. The van der Waals surface area contributed by atoms with Gasteiger partial charge in [0.1, 0.15) is 11.9 Å². The molecule has 7 nitrogen and oxygen atoms in total. The third-order valence-electron chi connectivity index (χ3n) is 1.67. The van der Waals surface area contributed by atoms with Crippen molar-refractivity contribution in [2.45, 2.75) is 19.4 Å². The van der Waals surface area contributed by atoms with Gasteiger partial charge in [0, 0.05) is 0 Å². The van der Waals surface area contributed by atoms with E-state index in [1.54, 1.807) is 0 Å². The monoisotopic (exact) mass is 197 g/mol. The largest absolute Gasteiger partial charge is 0.368 e. The number of nitrogens with one attached hydrogen (secondary N) is 2. The van der Waals surface area contributed by atoms with Crippen LogP contribution in [0.1, 0.15) is 24.5 Å². The molecular weight excluding hydrogens is 186 g/mol. The van der Waals surface area contributed by atoms with Crippen LogP contribution in [0.25, 0.3) is 0 Å². The summed E-state index contributed by atoms with van der Waals surface area (Å²) in [7, 11) is 0. The lowest BCUT2D eigenvalue weighted by atomic mass is 10.1. The predicted molar refractivity (Wildman–Crippen MR) is 47.1 cm³/mol. The summed E-state index contributed by atoms with van der Waals surface area (Å²) in [5, 5.41) is 8.29. The Balaban J connectivity index is 2.71. The Hall–Kier alpha value is -1.92. The number of H-pyrrole nitrogens is 1. The van der Waals surface area contributed by atoms with Gasteiger partial charge < -0.3 is 11.1 Å². The first-order chi connectivity index (χ1) is 6.43. The van der Waals surface area contributed by atoms with Gasteiger partial charge in [0.15, 0.2) is 0 Å². The zero-order valence-corrected chi connectivity index (χ0v) is 7.87. The van der Waals surface area contributed by atoms with E-state index in [-0.39, 0.29) is 5.82 Å². The Bertz CT molecular complexity index is 343. The molecule has 0 spiro atoms. The number of nitrogens with two attached hydrogens (primary N) is 1. The van der Waals surface area contributed by atoms with Crippen LogP contribution in [0.2, 0.25) is 0 Å². The van der Waals surface area contributed by atoms with E-state index in [0.29, 0.717) is 0 Å². The Morgan fingerprint density at radius 3 is 2.64 bits per heavy atom. The van der Waals surface area contributed by atoms with Crippen LogP contribution in [0.15, 0.2) is 6.33 Å². The first-order valence-corrected chi connectivity index (χ1v) is 3.91. The Morgan fingerprint density at radius 2 is 2.21 bits per heavy atom. The molecular formula is C7H11N5O2. The van der Waals surface area contributed by atoms with E-state index >= 15 is 0 Å². The molecule has 2 amide bonds. The summed E-state index contributed by atoms with van der Waals surface area (Å²) in [5.74, 6) is -1.10. The predicted octanol–water partition coefficient (Wildman–Crippen LogP) is -1.20. The van der Waals surface area contributed by atoms with Crippen molar-refractivity contribution in [3.63, 3.8) is 0 Å². The molecule has 1 heterocycles. The van der Waals surface area contributed by atoms with Crippen LogP contribution in [-0.2, 0) is 4.79 Å². The second kappa shape index (κ2) is 3.44. The quantitative estimate of drug-likeness (QED) is 0.564. The van der Waals surface area contributed by atoms with E-state index in [9.17, 15) is 9.59 Å². The minimum absolute atomic E-state index is 0.0410. The first-order valence-electron chi connectivity index (χ1n) is 3.91. The fourth-order valence-electron chi connectivity index (χ4n) is 0.720. The van der Waals surface area contributed by atoms with Gasteiger partial charge in [-0.2, -0.15) is 5.10 Å². The van der Waals surface area contributed by atoms with Gasteiger partial charge in [-0.25, -0.2) is 4.98 Å². The zero-order valence-electron chi connectivity index (χ0n) is 7.87. The highest BCUT2D eigenvalue weighted by Crippen LogP contribution is 2.01. The minimum atomic E-state index is -1.11. The van der Waals surface area contributed by atoms with Crippen molar-refractivity contribution in [3.8, 4) is 0 Å². The minimum Gasteiger partial charge on any atom is -0.368 e. The van der Waals surface area contributed by atoms with E-state index in [0.717, 1.165) is 0 Å². The van der Waals surface area contributed by atoms with Crippen LogP contribution < -0.4 is 11.1 Å². The van der Waals surface area contributed by atoms with E-state index in [4.69, 9.17) is 5.73 Å². The third-order valence-corrected chi connectivity index (χ3v) is 1.67. The molecule has 76 valence electrons. The number of hydrogen-bond donors (Lipinski definition) is 3. The number of nitrogens with zero attached hydrogens (tertiary/aromatic N) is 2. The average Bonchev–Trinajstić information content (AvgIpc) is 2.54. The van der Waals surface area contributed by atoms with Crippen LogP contribution in [0, 0.1) is 0 Å². The average molecular weight is 197 g/mol. The maximum atomic E-state index is 11.4. The molecule has 1 rings (SSSR count). The van der Waals surface area contributed by atoms with Crippen molar-refractivity contribution in [1.82, 2.24) is 20.5 Å². The SMILES string of the molecule is CC(C)(NC(=O)c1ncn[nH]1)C(N)=O. The lowest BCUT2D eigenvalue weighted by Gasteiger charge is -2.21. The number of aromatic nitrogens is 3. The summed E-state index contributed by atoms with van der Waals surface area (Å²) >= 11 is 0. The van der Waals surface area contributed by atoms with Crippen LogP contribution in [0.3, 0.4) is 0 Å². The van der Waals surface area contributed by atoms with Gasteiger partial charge in [0.25, 0.3) is 5.91 Å². The van der Waals surface area contributed by atoms with Crippen LogP contribution in [0.5, 0.6) is 0 Å². The van der Waals surface area contributed by atoms with E-state index in [1.165, 1.54) is 20.2 Å². The Labute approximate surface area is 80.1 Å². The molecule has 0 unspecified atom stereocenters. The van der Waals surface area contributed by atoms with Crippen molar-refractivity contribution < 1.29 is 9.59 Å². The summed E-state index contributed by atoms with van der Waals surface area (Å²) in [4.78, 5) is 25.9. The molecule has 0 aliphatic heterocycles. The van der Waals surface area contributed by atoms with Crippen LogP contribution >= 0.6 is 0 Å². The molecule has 4 N–H and O–H groups in total. The smallest absolute Gasteiger partial charge is 0.289 e. The highest BCUT2D eigenvalue weighted by Gasteiger charge is 2.28. The van der Waals surface area contributed by atoms with Gasteiger partial charge in [0.2, 0.25) is 11.7 Å².